The molecule has 0 unspecified atom stereocenters. The standard InChI is InChI=1S/C10H17N3O3/c1-7(16-10(2,3)6-14)13-5-4-8(11)12-9(13)15/h4-5,7,14H,6H2,1-3H3,(H2,11,12,15)/t7-/m1/s1. The summed E-state index contributed by atoms with van der Waals surface area (Å²) in [7, 11) is 0. The van der Waals surface area contributed by atoms with E-state index >= 15 is 0 Å². The van der Waals surface area contributed by atoms with Crippen LogP contribution in [0.4, 0.5) is 5.82 Å². The SMILES string of the molecule is C[C@@H](OC(C)(C)CO)n1ccc(N)nc1=O. The second kappa shape index (κ2) is 4.63. The Morgan fingerprint density at radius 2 is 2.31 bits per heavy atom. The van der Waals surface area contributed by atoms with E-state index in [4.69, 9.17) is 15.6 Å². The molecule has 1 heterocycles. The fraction of sp³-hybridized carbons (Fsp3) is 0.600. The van der Waals surface area contributed by atoms with E-state index in [-0.39, 0.29) is 12.4 Å². The van der Waals surface area contributed by atoms with E-state index in [1.165, 1.54) is 16.8 Å². The van der Waals surface area contributed by atoms with Crippen LogP contribution in [-0.4, -0.2) is 26.9 Å². The molecule has 1 rings (SSSR count). The number of hydrogen-bond acceptors (Lipinski definition) is 5. The van der Waals surface area contributed by atoms with Crippen LogP contribution in [0.2, 0.25) is 0 Å². The quantitative estimate of drug-likeness (QED) is 0.763. The van der Waals surface area contributed by atoms with Gasteiger partial charge in [-0.1, -0.05) is 0 Å². The van der Waals surface area contributed by atoms with E-state index in [2.05, 4.69) is 4.98 Å². The number of rotatable bonds is 4. The molecular weight excluding hydrogens is 210 g/mol. The van der Waals surface area contributed by atoms with Gasteiger partial charge < -0.3 is 15.6 Å². The number of nitrogens with zero attached hydrogens (tertiary/aromatic N) is 2. The molecule has 90 valence electrons. The summed E-state index contributed by atoms with van der Waals surface area (Å²) < 4.78 is 6.84. The van der Waals surface area contributed by atoms with Gasteiger partial charge >= 0.3 is 5.69 Å². The zero-order valence-electron chi connectivity index (χ0n) is 9.67. The lowest BCUT2D eigenvalue weighted by molar-refractivity contribution is -0.121. The number of anilines is 1. The second-order valence-electron chi connectivity index (χ2n) is 4.18. The maximum Gasteiger partial charge on any atom is 0.351 e. The molecule has 0 amide bonds. The largest absolute Gasteiger partial charge is 0.393 e. The first-order valence-corrected chi connectivity index (χ1v) is 4.99. The Morgan fingerprint density at radius 3 is 2.81 bits per heavy atom. The number of hydrogen-bond donors (Lipinski definition) is 2. The van der Waals surface area contributed by atoms with Crippen molar-refractivity contribution in [3.8, 4) is 0 Å². The van der Waals surface area contributed by atoms with E-state index < -0.39 is 17.5 Å². The average molecular weight is 227 g/mol. The van der Waals surface area contributed by atoms with Gasteiger partial charge in [-0.3, -0.25) is 4.57 Å². The molecule has 0 bridgehead atoms. The number of aliphatic hydroxyl groups is 1. The molecule has 0 aromatic carbocycles. The Kier molecular flexibility index (Phi) is 3.66. The van der Waals surface area contributed by atoms with Crippen LogP contribution in [0.25, 0.3) is 0 Å². The van der Waals surface area contributed by atoms with Gasteiger partial charge in [-0.25, -0.2) is 4.79 Å². The highest BCUT2D eigenvalue weighted by Crippen LogP contribution is 2.16. The zero-order chi connectivity index (χ0) is 12.3. The van der Waals surface area contributed by atoms with Gasteiger partial charge in [0.15, 0.2) is 0 Å². The number of ether oxygens (including phenoxy) is 1. The molecule has 0 saturated carbocycles. The van der Waals surface area contributed by atoms with E-state index in [1.807, 2.05) is 0 Å². The Bertz CT molecular complexity index is 414. The van der Waals surface area contributed by atoms with Gasteiger partial charge in [0.1, 0.15) is 12.0 Å². The minimum absolute atomic E-state index is 0.130. The maximum atomic E-state index is 11.5. The summed E-state index contributed by atoms with van der Waals surface area (Å²) in [5, 5.41) is 9.06. The number of aliphatic hydroxyl groups excluding tert-OH is 1. The molecule has 0 radical (unpaired) electrons. The van der Waals surface area contributed by atoms with Crippen LogP contribution in [0.15, 0.2) is 17.1 Å². The van der Waals surface area contributed by atoms with Crippen molar-refractivity contribution >= 4 is 5.82 Å². The first kappa shape index (κ1) is 12.7. The summed E-state index contributed by atoms with van der Waals surface area (Å²) in [4.78, 5) is 15.1. The van der Waals surface area contributed by atoms with Gasteiger partial charge in [-0.05, 0) is 26.8 Å². The normalized spacial score (nSPS) is 13.8. The maximum absolute atomic E-state index is 11.5. The highest BCUT2D eigenvalue weighted by Gasteiger charge is 2.21. The highest BCUT2D eigenvalue weighted by atomic mass is 16.5. The third-order valence-electron chi connectivity index (χ3n) is 2.11. The van der Waals surface area contributed by atoms with Crippen LogP contribution in [0.3, 0.4) is 0 Å². The predicted octanol–water partition coefficient (Wildman–Crippen LogP) is 0.132. The van der Waals surface area contributed by atoms with Gasteiger partial charge in [-0.2, -0.15) is 4.98 Å². The van der Waals surface area contributed by atoms with Gasteiger partial charge in [-0.15, -0.1) is 0 Å². The van der Waals surface area contributed by atoms with Crippen LogP contribution in [0, 0.1) is 0 Å². The minimum atomic E-state index is -0.708. The van der Waals surface area contributed by atoms with Crippen molar-refractivity contribution in [1.82, 2.24) is 9.55 Å². The topological polar surface area (TPSA) is 90.4 Å². The number of nitrogens with two attached hydrogens (primary N) is 1. The molecule has 1 atom stereocenters. The fourth-order valence-corrected chi connectivity index (χ4v) is 1.26. The molecule has 0 aliphatic rings. The summed E-state index contributed by atoms with van der Waals surface area (Å²) in [5.74, 6) is 0.176. The van der Waals surface area contributed by atoms with Crippen molar-refractivity contribution in [2.45, 2.75) is 32.6 Å². The lowest BCUT2D eigenvalue weighted by Crippen LogP contribution is -2.35. The smallest absolute Gasteiger partial charge is 0.351 e. The lowest BCUT2D eigenvalue weighted by Gasteiger charge is -2.27. The molecule has 0 fully saturated rings. The predicted molar refractivity (Wildman–Crippen MR) is 59.9 cm³/mol. The molecule has 1 aromatic rings. The number of aromatic nitrogens is 2. The van der Waals surface area contributed by atoms with Crippen molar-refractivity contribution in [2.75, 3.05) is 12.3 Å². The first-order valence-electron chi connectivity index (χ1n) is 4.99. The third-order valence-corrected chi connectivity index (χ3v) is 2.11. The molecule has 0 aliphatic heterocycles. The lowest BCUT2D eigenvalue weighted by atomic mass is 10.1. The first-order chi connectivity index (χ1) is 7.35. The summed E-state index contributed by atoms with van der Waals surface area (Å²) in [6.07, 6.45) is 1.01. The van der Waals surface area contributed by atoms with Crippen LogP contribution in [0.5, 0.6) is 0 Å². The third kappa shape index (κ3) is 3.04. The summed E-state index contributed by atoms with van der Waals surface area (Å²) in [5.41, 5.74) is 4.20. The van der Waals surface area contributed by atoms with E-state index in [0.29, 0.717) is 0 Å². The zero-order valence-corrected chi connectivity index (χ0v) is 9.67. The average Bonchev–Trinajstić information content (AvgIpc) is 2.16. The van der Waals surface area contributed by atoms with Crippen molar-refractivity contribution in [3.63, 3.8) is 0 Å². The molecule has 1 aromatic heterocycles. The van der Waals surface area contributed by atoms with Crippen LogP contribution in [-0.2, 0) is 4.74 Å². The minimum Gasteiger partial charge on any atom is -0.393 e. The van der Waals surface area contributed by atoms with Crippen molar-refractivity contribution < 1.29 is 9.84 Å². The molecule has 0 spiro atoms. The van der Waals surface area contributed by atoms with Crippen molar-refractivity contribution in [3.05, 3.63) is 22.7 Å². The molecule has 16 heavy (non-hydrogen) atoms. The summed E-state index contributed by atoms with van der Waals surface area (Å²) in [6.45, 7) is 5.05. The van der Waals surface area contributed by atoms with Gasteiger partial charge in [0.05, 0.1) is 12.2 Å². The van der Waals surface area contributed by atoms with Gasteiger partial charge in [0, 0.05) is 6.20 Å². The summed E-state index contributed by atoms with van der Waals surface area (Å²) >= 11 is 0. The van der Waals surface area contributed by atoms with Crippen LogP contribution >= 0.6 is 0 Å². The van der Waals surface area contributed by atoms with Crippen LogP contribution in [0.1, 0.15) is 27.0 Å². The molecule has 0 saturated heterocycles. The van der Waals surface area contributed by atoms with E-state index in [0.717, 1.165) is 0 Å². The Hall–Kier alpha value is -1.40. The van der Waals surface area contributed by atoms with Gasteiger partial charge in [0.25, 0.3) is 0 Å². The summed E-state index contributed by atoms with van der Waals surface area (Å²) in [6, 6.07) is 1.52. The van der Waals surface area contributed by atoms with E-state index in [9.17, 15) is 4.79 Å². The van der Waals surface area contributed by atoms with Crippen molar-refractivity contribution in [2.24, 2.45) is 0 Å². The molecular formula is C10H17N3O3. The molecule has 6 heteroatoms. The monoisotopic (exact) mass is 227 g/mol. The van der Waals surface area contributed by atoms with Crippen molar-refractivity contribution in [1.29, 1.82) is 0 Å². The number of nitrogen functional groups attached to an aromatic ring is 1. The Balaban J connectivity index is 2.89. The molecule has 0 aliphatic carbocycles. The molecule has 3 N–H and O–H groups in total. The Morgan fingerprint density at radius 1 is 1.69 bits per heavy atom. The van der Waals surface area contributed by atoms with Crippen LogP contribution < -0.4 is 11.4 Å². The Labute approximate surface area is 93.7 Å². The van der Waals surface area contributed by atoms with E-state index in [1.54, 1.807) is 20.8 Å². The second-order valence-corrected chi connectivity index (χ2v) is 4.18. The van der Waals surface area contributed by atoms with Gasteiger partial charge in [0.2, 0.25) is 0 Å². The highest BCUT2D eigenvalue weighted by molar-refractivity contribution is 5.23. The fourth-order valence-electron chi connectivity index (χ4n) is 1.26. The molecule has 6 nitrogen and oxygen atoms in total.